The topological polar surface area (TPSA) is 44.4 Å². The van der Waals surface area contributed by atoms with Crippen molar-refractivity contribution < 1.29 is 9.18 Å². The molecule has 3 rings (SSSR count). The zero-order chi connectivity index (χ0) is 19.2. The number of carbonyl (C=O) groups excluding carboxylic acids is 1. The standard InChI is InChI=1S/C22H28FN3O/c1-16(2)22(17-5-7-18(23)8-6-17)24-15-21(27)25-19-9-11-20(12-10-19)26-13-3-4-14-26/h5-12,16,22,24H,3-4,13-15H2,1-2H3,(H,25,27)/t22-/m1/s1. The molecular weight excluding hydrogens is 341 g/mol. The summed E-state index contributed by atoms with van der Waals surface area (Å²) in [5.74, 6) is -0.0592. The van der Waals surface area contributed by atoms with Gasteiger partial charge in [-0.15, -0.1) is 0 Å². The number of hydrogen-bond donors (Lipinski definition) is 2. The highest BCUT2D eigenvalue weighted by molar-refractivity contribution is 5.92. The van der Waals surface area contributed by atoms with Crippen LogP contribution in [0.5, 0.6) is 0 Å². The van der Waals surface area contributed by atoms with Crippen molar-refractivity contribution in [1.29, 1.82) is 0 Å². The molecule has 2 aromatic carbocycles. The van der Waals surface area contributed by atoms with E-state index in [2.05, 4.69) is 41.5 Å². The molecule has 1 aliphatic rings. The van der Waals surface area contributed by atoms with Crippen LogP contribution >= 0.6 is 0 Å². The van der Waals surface area contributed by atoms with Crippen molar-refractivity contribution in [2.24, 2.45) is 5.92 Å². The van der Waals surface area contributed by atoms with E-state index in [1.54, 1.807) is 12.1 Å². The molecule has 1 amide bonds. The largest absolute Gasteiger partial charge is 0.372 e. The van der Waals surface area contributed by atoms with Crippen LogP contribution < -0.4 is 15.5 Å². The van der Waals surface area contributed by atoms with Gasteiger partial charge in [0.1, 0.15) is 5.82 Å². The number of hydrogen-bond acceptors (Lipinski definition) is 3. The van der Waals surface area contributed by atoms with Crippen LogP contribution in [0, 0.1) is 11.7 Å². The Morgan fingerprint density at radius 3 is 2.26 bits per heavy atom. The van der Waals surface area contributed by atoms with E-state index in [0.29, 0.717) is 0 Å². The molecule has 27 heavy (non-hydrogen) atoms. The third-order valence-corrected chi connectivity index (χ3v) is 5.00. The first-order valence-electron chi connectivity index (χ1n) is 9.66. The van der Waals surface area contributed by atoms with E-state index in [-0.39, 0.29) is 30.2 Å². The number of benzene rings is 2. The maximum Gasteiger partial charge on any atom is 0.238 e. The van der Waals surface area contributed by atoms with Crippen molar-refractivity contribution >= 4 is 17.3 Å². The van der Waals surface area contributed by atoms with Gasteiger partial charge in [-0.3, -0.25) is 4.79 Å². The van der Waals surface area contributed by atoms with Crippen molar-refractivity contribution in [2.45, 2.75) is 32.7 Å². The number of carbonyl (C=O) groups is 1. The number of amides is 1. The van der Waals surface area contributed by atoms with Gasteiger partial charge in [-0.25, -0.2) is 4.39 Å². The zero-order valence-electron chi connectivity index (χ0n) is 16.0. The lowest BCUT2D eigenvalue weighted by Crippen LogP contribution is -2.33. The highest BCUT2D eigenvalue weighted by Gasteiger charge is 2.17. The number of nitrogens with one attached hydrogen (secondary N) is 2. The molecule has 1 heterocycles. The SMILES string of the molecule is CC(C)[C@@H](NCC(=O)Nc1ccc(N2CCCC2)cc1)c1ccc(F)cc1. The predicted molar refractivity (Wildman–Crippen MR) is 109 cm³/mol. The fourth-order valence-corrected chi connectivity index (χ4v) is 3.55. The monoisotopic (exact) mass is 369 g/mol. The molecule has 2 N–H and O–H groups in total. The van der Waals surface area contributed by atoms with E-state index in [1.165, 1.54) is 30.7 Å². The molecule has 1 fully saturated rings. The molecule has 2 aromatic rings. The predicted octanol–water partition coefficient (Wildman–Crippen LogP) is 4.35. The van der Waals surface area contributed by atoms with Gasteiger partial charge >= 0.3 is 0 Å². The minimum absolute atomic E-state index is 0.00566. The molecule has 0 radical (unpaired) electrons. The van der Waals surface area contributed by atoms with Crippen molar-refractivity contribution in [3.63, 3.8) is 0 Å². The fourth-order valence-electron chi connectivity index (χ4n) is 3.55. The van der Waals surface area contributed by atoms with Crippen LogP contribution in [0.4, 0.5) is 15.8 Å². The van der Waals surface area contributed by atoms with E-state index in [4.69, 9.17) is 0 Å². The average Bonchev–Trinajstić information content (AvgIpc) is 3.18. The molecule has 144 valence electrons. The summed E-state index contributed by atoms with van der Waals surface area (Å²) in [4.78, 5) is 14.7. The third-order valence-electron chi connectivity index (χ3n) is 5.00. The Balaban J connectivity index is 1.54. The van der Waals surface area contributed by atoms with Gasteiger partial charge in [-0.1, -0.05) is 26.0 Å². The smallest absolute Gasteiger partial charge is 0.238 e. The van der Waals surface area contributed by atoms with E-state index in [0.717, 1.165) is 24.3 Å². The first-order chi connectivity index (χ1) is 13.0. The van der Waals surface area contributed by atoms with Gasteiger partial charge in [-0.2, -0.15) is 0 Å². The van der Waals surface area contributed by atoms with E-state index >= 15 is 0 Å². The van der Waals surface area contributed by atoms with Gasteiger partial charge in [0.25, 0.3) is 0 Å². The van der Waals surface area contributed by atoms with Gasteiger partial charge in [-0.05, 0) is 60.7 Å². The van der Waals surface area contributed by atoms with Crippen LogP contribution in [0.3, 0.4) is 0 Å². The van der Waals surface area contributed by atoms with Gasteiger partial charge in [0, 0.05) is 30.5 Å². The number of rotatable bonds is 7. The van der Waals surface area contributed by atoms with E-state index in [9.17, 15) is 9.18 Å². The third kappa shape index (κ3) is 5.30. The quantitative estimate of drug-likeness (QED) is 0.763. The molecule has 0 bridgehead atoms. The van der Waals surface area contributed by atoms with Crippen LogP contribution in [0.2, 0.25) is 0 Å². The molecule has 0 aliphatic carbocycles. The Kier molecular flexibility index (Phi) is 6.45. The number of halogens is 1. The van der Waals surface area contributed by atoms with Gasteiger partial charge in [0.05, 0.1) is 6.54 Å². The van der Waals surface area contributed by atoms with Gasteiger partial charge in [0.2, 0.25) is 5.91 Å². The van der Waals surface area contributed by atoms with Gasteiger partial charge < -0.3 is 15.5 Å². The number of anilines is 2. The second-order valence-corrected chi connectivity index (χ2v) is 7.44. The molecule has 1 atom stereocenters. The van der Waals surface area contributed by atoms with Crippen molar-refractivity contribution in [3.05, 3.63) is 59.9 Å². The first-order valence-corrected chi connectivity index (χ1v) is 9.66. The second-order valence-electron chi connectivity index (χ2n) is 7.44. The highest BCUT2D eigenvalue weighted by atomic mass is 19.1. The van der Waals surface area contributed by atoms with Crippen molar-refractivity contribution in [1.82, 2.24) is 5.32 Å². The van der Waals surface area contributed by atoms with Crippen molar-refractivity contribution in [2.75, 3.05) is 29.9 Å². The first kappa shape index (κ1) is 19.4. The maximum atomic E-state index is 13.1. The molecule has 4 nitrogen and oxygen atoms in total. The van der Waals surface area contributed by atoms with Gasteiger partial charge in [0.15, 0.2) is 0 Å². The lowest BCUT2D eigenvalue weighted by Gasteiger charge is -2.23. The Labute approximate surface area is 160 Å². The summed E-state index contributed by atoms with van der Waals surface area (Å²) in [6, 6.07) is 14.4. The summed E-state index contributed by atoms with van der Waals surface area (Å²) in [5.41, 5.74) is 2.99. The Morgan fingerprint density at radius 1 is 1.04 bits per heavy atom. The minimum Gasteiger partial charge on any atom is -0.372 e. The van der Waals surface area contributed by atoms with Crippen LogP contribution in [-0.2, 0) is 4.79 Å². The van der Waals surface area contributed by atoms with E-state index < -0.39 is 0 Å². The van der Waals surface area contributed by atoms with Crippen molar-refractivity contribution in [3.8, 4) is 0 Å². The Morgan fingerprint density at radius 2 is 1.67 bits per heavy atom. The summed E-state index contributed by atoms with van der Waals surface area (Å²) < 4.78 is 13.1. The van der Waals surface area contributed by atoms with E-state index in [1.807, 2.05) is 12.1 Å². The molecular formula is C22H28FN3O. The Hall–Kier alpha value is -2.40. The molecule has 0 unspecified atom stereocenters. The highest BCUT2D eigenvalue weighted by Crippen LogP contribution is 2.23. The lowest BCUT2D eigenvalue weighted by molar-refractivity contribution is -0.115. The molecule has 0 aromatic heterocycles. The average molecular weight is 369 g/mol. The van der Waals surface area contributed by atoms with Crippen LogP contribution in [0.1, 0.15) is 38.3 Å². The minimum atomic E-state index is -0.253. The molecule has 5 heteroatoms. The maximum absolute atomic E-state index is 13.1. The normalized spacial score (nSPS) is 15.2. The Bertz CT molecular complexity index is 737. The lowest BCUT2D eigenvalue weighted by atomic mass is 9.96. The summed E-state index contributed by atoms with van der Waals surface area (Å²) in [5, 5.41) is 6.22. The number of nitrogens with zero attached hydrogens (tertiary/aromatic N) is 1. The van der Waals surface area contributed by atoms with Crippen LogP contribution in [0.15, 0.2) is 48.5 Å². The summed E-state index contributed by atoms with van der Waals surface area (Å²) in [6.45, 7) is 6.57. The molecule has 1 aliphatic heterocycles. The zero-order valence-corrected chi connectivity index (χ0v) is 16.0. The summed E-state index contributed by atoms with van der Waals surface area (Å²) in [7, 11) is 0. The molecule has 1 saturated heterocycles. The molecule has 0 saturated carbocycles. The summed E-state index contributed by atoms with van der Waals surface area (Å²) >= 11 is 0. The molecule has 0 spiro atoms. The second kappa shape index (κ2) is 9.00. The van der Waals surface area contributed by atoms with Crippen LogP contribution in [-0.4, -0.2) is 25.5 Å². The summed E-state index contributed by atoms with van der Waals surface area (Å²) in [6.07, 6.45) is 2.49. The van der Waals surface area contributed by atoms with Crippen LogP contribution in [0.25, 0.3) is 0 Å². The fraction of sp³-hybridized carbons (Fsp3) is 0.409.